The molecule has 3 aliphatic rings. The molecule has 3 rings (SSSR count). The van der Waals surface area contributed by atoms with Gasteiger partial charge < -0.3 is 18.2 Å². The minimum atomic E-state index is -2.46. The van der Waals surface area contributed by atoms with Crippen molar-refractivity contribution in [3.63, 3.8) is 0 Å². The van der Waals surface area contributed by atoms with Crippen LogP contribution < -0.4 is 0 Å². The molecular formula is C10H21NO3Si. The van der Waals surface area contributed by atoms with E-state index in [4.69, 9.17) is 13.3 Å². The van der Waals surface area contributed by atoms with Crippen LogP contribution in [0.15, 0.2) is 0 Å². The molecule has 0 saturated carbocycles. The van der Waals surface area contributed by atoms with Crippen LogP contribution in [0.4, 0.5) is 0 Å². The fourth-order valence-electron chi connectivity index (χ4n) is 3.19. The topological polar surface area (TPSA) is 30.9 Å². The smallest absolute Gasteiger partial charge is 0.377 e. The van der Waals surface area contributed by atoms with Gasteiger partial charge in [-0.15, -0.1) is 0 Å². The third kappa shape index (κ3) is 1.57. The highest BCUT2D eigenvalue weighted by atomic mass is 28.4. The molecule has 0 radical (unpaired) electrons. The Morgan fingerprint density at radius 1 is 0.867 bits per heavy atom. The third-order valence-electron chi connectivity index (χ3n) is 4.18. The first-order chi connectivity index (χ1) is 7.22. The molecule has 3 fully saturated rings. The zero-order valence-corrected chi connectivity index (χ0v) is 10.9. The number of rotatable bonds is 4. The average molecular weight is 231 g/mol. The predicted octanol–water partition coefficient (Wildman–Crippen LogP) is 1.10. The lowest BCUT2D eigenvalue weighted by Gasteiger charge is -2.53. The Morgan fingerprint density at radius 2 is 1.27 bits per heavy atom. The lowest BCUT2D eigenvalue weighted by molar-refractivity contribution is 0.0281. The zero-order chi connectivity index (χ0) is 10.9. The van der Waals surface area contributed by atoms with Gasteiger partial charge in [0.1, 0.15) is 0 Å². The molecule has 0 aromatic rings. The summed E-state index contributed by atoms with van der Waals surface area (Å²) in [5.74, 6) is 0. The van der Waals surface area contributed by atoms with E-state index in [1.54, 1.807) is 21.3 Å². The SMILES string of the molecule is CO[Si](OC)(OC)C12CCN(CC1)CC2. The largest absolute Gasteiger partial charge is 0.506 e. The monoisotopic (exact) mass is 231 g/mol. The summed E-state index contributed by atoms with van der Waals surface area (Å²) in [7, 11) is 2.74. The van der Waals surface area contributed by atoms with E-state index in [0.29, 0.717) is 0 Å². The first-order valence-corrected chi connectivity index (χ1v) is 7.32. The molecule has 0 aromatic heterocycles. The minimum Gasteiger partial charge on any atom is -0.377 e. The van der Waals surface area contributed by atoms with Gasteiger partial charge in [0, 0.05) is 26.4 Å². The van der Waals surface area contributed by atoms with Gasteiger partial charge in [-0.05, 0) is 38.9 Å². The number of hydrogen-bond donors (Lipinski definition) is 0. The Bertz CT molecular complexity index is 203. The normalized spacial score (nSPS) is 35.8. The van der Waals surface area contributed by atoms with E-state index < -0.39 is 8.80 Å². The second-order valence-electron chi connectivity index (χ2n) is 4.54. The first-order valence-electron chi connectivity index (χ1n) is 5.60. The predicted molar refractivity (Wildman–Crippen MR) is 59.8 cm³/mol. The summed E-state index contributed by atoms with van der Waals surface area (Å²) in [6, 6.07) is 0. The maximum atomic E-state index is 5.67. The van der Waals surface area contributed by atoms with Crippen molar-refractivity contribution in [3.05, 3.63) is 0 Å². The Kier molecular flexibility index (Phi) is 3.19. The van der Waals surface area contributed by atoms with Crippen LogP contribution in [0, 0.1) is 0 Å². The summed E-state index contributed by atoms with van der Waals surface area (Å²) in [6.45, 7) is 3.51. The molecule has 0 atom stereocenters. The van der Waals surface area contributed by atoms with Crippen LogP contribution in [-0.2, 0) is 13.3 Å². The molecule has 0 aliphatic carbocycles. The first kappa shape index (κ1) is 11.5. The van der Waals surface area contributed by atoms with Crippen molar-refractivity contribution < 1.29 is 13.3 Å². The van der Waals surface area contributed by atoms with Crippen molar-refractivity contribution in [3.8, 4) is 0 Å². The Balaban J connectivity index is 2.24. The van der Waals surface area contributed by atoms with Gasteiger partial charge in [-0.3, -0.25) is 0 Å². The fraction of sp³-hybridized carbons (Fsp3) is 1.00. The summed E-state index contributed by atoms with van der Waals surface area (Å²) >= 11 is 0. The molecule has 4 nitrogen and oxygen atoms in total. The molecule has 15 heavy (non-hydrogen) atoms. The van der Waals surface area contributed by atoms with Crippen LogP contribution >= 0.6 is 0 Å². The quantitative estimate of drug-likeness (QED) is 0.678. The highest BCUT2D eigenvalue weighted by molar-refractivity contribution is 6.64. The van der Waals surface area contributed by atoms with E-state index in [1.807, 2.05) is 0 Å². The average Bonchev–Trinajstić information content (AvgIpc) is 2.34. The van der Waals surface area contributed by atoms with Gasteiger partial charge in [0.05, 0.1) is 0 Å². The fourth-order valence-corrected chi connectivity index (χ4v) is 6.24. The molecule has 0 spiro atoms. The molecule has 0 N–H and O–H groups in total. The highest BCUT2D eigenvalue weighted by Crippen LogP contribution is 2.54. The van der Waals surface area contributed by atoms with Crippen LogP contribution in [0.3, 0.4) is 0 Å². The molecule has 2 bridgehead atoms. The van der Waals surface area contributed by atoms with Crippen molar-refractivity contribution in [2.45, 2.75) is 24.3 Å². The number of piperidine rings is 3. The van der Waals surface area contributed by atoms with E-state index in [9.17, 15) is 0 Å². The van der Waals surface area contributed by atoms with Gasteiger partial charge in [-0.2, -0.15) is 0 Å². The minimum absolute atomic E-state index is 0.181. The van der Waals surface area contributed by atoms with Gasteiger partial charge in [-0.25, -0.2) is 0 Å². The number of fused-ring (bicyclic) bond motifs is 3. The van der Waals surface area contributed by atoms with Crippen LogP contribution in [-0.4, -0.2) is 54.7 Å². The van der Waals surface area contributed by atoms with E-state index in [0.717, 1.165) is 19.3 Å². The summed E-state index contributed by atoms with van der Waals surface area (Å²) < 4.78 is 17.0. The lowest BCUT2D eigenvalue weighted by Crippen LogP contribution is -2.61. The Hall–Kier alpha value is 0.0569. The van der Waals surface area contributed by atoms with E-state index in [2.05, 4.69) is 4.90 Å². The van der Waals surface area contributed by atoms with Crippen molar-refractivity contribution >= 4 is 8.80 Å². The summed E-state index contributed by atoms with van der Waals surface area (Å²) in [5.41, 5.74) is 0. The second kappa shape index (κ2) is 4.14. The van der Waals surface area contributed by atoms with E-state index >= 15 is 0 Å². The standard InChI is InChI=1S/C10H21NO3Si/c1-12-15(13-2,14-3)10-4-7-11(8-5-10)9-6-10/h4-9H2,1-3H3. The van der Waals surface area contributed by atoms with Crippen LogP contribution in [0.25, 0.3) is 0 Å². The van der Waals surface area contributed by atoms with Crippen LogP contribution in [0.1, 0.15) is 19.3 Å². The van der Waals surface area contributed by atoms with Crippen molar-refractivity contribution in [1.82, 2.24) is 4.90 Å². The Morgan fingerprint density at radius 3 is 1.60 bits per heavy atom. The summed E-state index contributed by atoms with van der Waals surface area (Å²) in [5, 5.41) is 0.181. The molecule has 5 heteroatoms. The molecule has 3 heterocycles. The number of hydrogen-bond acceptors (Lipinski definition) is 4. The van der Waals surface area contributed by atoms with E-state index in [-0.39, 0.29) is 5.04 Å². The molecule has 3 aliphatic heterocycles. The lowest BCUT2D eigenvalue weighted by atomic mass is 9.87. The number of nitrogens with zero attached hydrogens (tertiary/aromatic N) is 1. The molecule has 0 aromatic carbocycles. The third-order valence-corrected chi connectivity index (χ3v) is 7.84. The van der Waals surface area contributed by atoms with Crippen molar-refractivity contribution in [2.24, 2.45) is 0 Å². The zero-order valence-electron chi connectivity index (χ0n) is 9.91. The van der Waals surface area contributed by atoms with Crippen molar-refractivity contribution in [1.29, 1.82) is 0 Å². The van der Waals surface area contributed by atoms with Gasteiger partial charge in [-0.1, -0.05) is 0 Å². The molecule has 0 amide bonds. The Labute approximate surface area is 92.9 Å². The van der Waals surface area contributed by atoms with Gasteiger partial charge in [0.25, 0.3) is 0 Å². The van der Waals surface area contributed by atoms with Crippen LogP contribution in [0.2, 0.25) is 5.04 Å². The molecule has 88 valence electrons. The maximum Gasteiger partial charge on any atom is 0.506 e. The van der Waals surface area contributed by atoms with Gasteiger partial charge >= 0.3 is 8.80 Å². The second-order valence-corrected chi connectivity index (χ2v) is 7.94. The van der Waals surface area contributed by atoms with Crippen molar-refractivity contribution in [2.75, 3.05) is 41.0 Å². The van der Waals surface area contributed by atoms with E-state index in [1.165, 1.54) is 19.6 Å². The molecular weight excluding hydrogens is 210 g/mol. The molecule has 0 unspecified atom stereocenters. The highest BCUT2D eigenvalue weighted by Gasteiger charge is 2.61. The van der Waals surface area contributed by atoms with Crippen LogP contribution in [0.5, 0.6) is 0 Å². The molecule has 3 saturated heterocycles. The van der Waals surface area contributed by atoms with Gasteiger partial charge in [0.15, 0.2) is 0 Å². The van der Waals surface area contributed by atoms with Gasteiger partial charge in [0.2, 0.25) is 0 Å². The summed E-state index contributed by atoms with van der Waals surface area (Å²) in [4.78, 5) is 2.52. The maximum absolute atomic E-state index is 5.67. The summed E-state index contributed by atoms with van der Waals surface area (Å²) in [6.07, 6.45) is 3.48.